The van der Waals surface area contributed by atoms with Crippen LogP contribution in [0.15, 0.2) is 36.4 Å². The fourth-order valence-electron chi connectivity index (χ4n) is 2.04. The molecule has 0 saturated carbocycles. The molecule has 2 rings (SSSR count). The summed E-state index contributed by atoms with van der Waals surface area (Å²) in [4.78, 5) is 22.4. The Morgan fingerprint density at radius 1 is 1.21 bits per heavy atom. The lowest BCUT2D eigenvalue weighted by atomic mass is 10.1. The Bertz CT molecular complexity index is 888. The molecule has 28 heavy (non-hydrogen) atoms. The van der Waals surface area contributed by atoms with Crippen molar-refractivity contribution in [3.63, 3.8) is 0 Å². The number of nitrogens with zero attached hydrogens (tertiary/aromatic N) is 1. The first-order valence-corrected chi connectivity index (χ1v) is 8.09. The van der Waals surface area contributed by atoms with E-state index in [1.54, 1.807) is 6.92 Å². The van der Waals surface area contributed by atoms with Gasteiger partial charge >= 0.3 is 12.1 Å². The van der Waals surface area contributed by atoms with Crippen molar-refractivity contribution in [2.45, 2.75) is 13.1 Å². The molecule has 0 bridgehead atoms. The average Bonchev–Trinajstić information content (AvgIpc) is 2.62. The normalized spacial score (nSPS) is 11.2. The fraction of sp³-hybridized carbons (Fsp3) is 0.235. The summed E-state index contributed by atoms with van der Waals surface area (Å²) in [5.41, 5.74) is -1.91. The van der Waals surface area contributed by atoms with Gasteiger partial charge in [0.15, 0.2) is 6.79 Å². The third-order valence-corrected chi connectivity index (χ3v) is 3.64. The molecule has 7 nitrogen and oxygen atoms in total. The summed E-state index contributed by atoms with van der Waals surface area (Å²) in [5.74, 6) is -1.21. The maximum absolute atomic E-state index is 12.7. The van der Waals surface area contributed by atoms with Gasteiger partial charge in [-0.25, -0.2) is 4.79 Å². The molecule has 0 N–H and O–H groups in total. The SMILES string of the molecule is CCOCOC(=O)c1cc(Oc2ccc(C(F)(F)F)cc2Cl)ccc1[N+](=O)[O-]. The highest BCUT2D eigenvalue weighted by atomic mass is 35.5. The molecule has 0 spiro atoms. The second-order valence-corrected chi connectivity index (χ2v) is 5.63. The molecule has 150 valence electrons. The number of hydrogen-bond acceptors (Lipinski definition) is 6. The van der Waals surface area contributed by atoms with Crippen molar-refractivity contribution in [2.24, 2.45) is 0 Å². The number of ether oxygens (including phenoxy) is 3. The summed E-state index contributed by atoms with van der Waals surface area (Å²) in [7, 11) is 0. The molecule has 2 aromatic carbocycles. The van der Waals surface area contributed by atoms with Crippen molar-refractivity contribution < 1.29 is 37.1 Å². The van der Waals surface area contributed by atoms with Gasteiger partial charge in [-0.05, 0) is 31.2 Å². The molecule has 0 aliphatic carbocycles. The third-order valence-electron chi connectivity index (χ3n) is 3.35. The van der Waals surface area contributed by atoms with Crippen LogP contribution in [0.2, 0.25) is 5.02 Å². The van der Waals surface area contributed by atoms with Crippen LogP contribution >= 0.6 is 11.6 Å². The van der Waals surface area contributed by atoms with Crippen molar-refractivity contribution in [2.75, 3.05) is 13.4 Å². The minimum Gasteiger partial charge on any atom is -0.456 e. The summed E-state index contributed by atoms with van der Waals surface area (Å²) in [6.45, 7) is 1.53. The Morgan fingerprint density at radius 2 is 1.93 bits per heavy atom. The van der Waals surface area contributed by atoms with Crippen molar-refractivity contribution >= 4 is 23.3 Å². The predicted molar refractivity (Wildman–Crippen MR) is 91.5 cm³/mol. The van der Waals surface area contributed by atoms with Gasteiger partial charge in [0.25, 0.3) is 5.69 Å². The van der Waals surface area contributed by atoms with E-state index in [4.69, 9.17) is 25.8 Å². The van der Waals surface area contributed by atoms with Crippen LogP contribution in [0.4, 0.5) is 18.9 Å². The molecule has 0 heterocycles. The first-order chi connectivity index (χ1) is 13.1. The first kappa shape index (κ1) is 21.5. The van der Waals surface area contributed by atoms with E-state index >= 15 is 0 Å². The van der Waals surface area contributed by atoms with Crippen molar-refractivity contribution in [3.05, 3.63) is 62.7 Å². The van der Waals surface area contributed by atoms with Crippen molar-refractivity contribution in [1.29, 1.82) is 0 Å². The minimum absolute atomic E-state index is 0.0596. The molecule has 0 aliphatic rings. The smallest absolute Gasteiger partial charge is 0.416 e. The van der Waals surface area contributed by atoms with Gasteiger partial charge in [0, 0.05) is 18.7 Å². The van der Waals surface area contributed by atoms with E-state index in [0.29, 0.717) is 6.07 Å². The molecule has 0 aromatic heterocycles. The maximum Gasteiger partial charge on any atom is 0.416 e. The number of rotatable bonds is 7. The number of carbonyl (C=O) groups is 1. The molecule has 2 aromatic rings. The molecule has 11 heteroatoms. The van der Waals surface area contributed by atoms with E-state index in [2.05, 4.69) is 0 Å². The monoisotopic (exact) mass is 419 g/mol. The van der Waals surface area contributed by atoms with Gasteiger partial charge in [-0.1, -0.05) is 11.6 Å². The third kappa shape index (κ3) is 5.33. The molecule has 0 radical (unpaired) electrons. The Kier molecular flexibility index (Phi) is 6.81. The van der Waals surface area contributed by atoms with Crippen LogP contribution in [0.25, 0.3) is 0 Å². The highest BCUT2D eigenvalue weighted by Crippen LogP contribution is 2.37. The fourth-order valence-corrected chi connectivity index (χ4v) is 2.26. The largest absolute Gasteiger partial charge is 0.456 e. The van der Waals surface area contributed by atoms with Gasteiger partial charge in [-0.2, -0.15) is 13.2 Å². The number of benzene rings is 2. The summed E-state index contributed by atoms with van der Waals surface area (Å²) in [6, 6.07) is 5.65. The molecular weight excluding hydrogens is 407 g/mol. The van der Waals surface area contributed by atoms with Gasteiger partial charge in [-0.3, -0.25) is 10.1 Å². The van der Waals surface area contributed by atoms with Crippen LogP contribution in [-0.2, 0) is 15.7 Å². The number of nitro groups is 1. The topological polar surface area (TPSA) is 87.9 Å². The predicted octanol–water partition coefficient (Wildman–Crippen LogP) is 5.21. The van der Waals surface area contributed by atoms with Crippen LogP contribution in [0.5, 0.6) is 11.5 Å². The van der Waals surface area contributed by atoms with E-state index in [1.165, 1.54) is 6.07 Å². The van der Waals surface area contributed by atoms with E-state index in [9.17, 15) is 28.1 Å². The van der Waals surface area contributed by atoms with Crippen LogP contribution in [-0.4, -0.2) is 24.3 Å². The van der Waals surface area contributed by atoms with Gasteiger partial charge in [0.1, 0.15) is 17.1 Å². The Morgan fingerprint density at radius 3 is 2.50 bits per heavy atom. The molecule has 0 aliphatic heterocycles. The Balaban J connectivity index is 2.30. The maximum atomic E-state index is 12.7. The number of alkyl halides is 3. The van der Waals surface area contributed by atoms with Gasteiger partial charge in [-0.15, -0.1) is 0 Å². The number of carbonyl (C=O) groups excluding carboxylic acids is 1. The average molecular weight is 420 g/mol. The van der Waals surface area contributed by atoms with Gasteiger partial charge < -0.3 is 14.2 Å². The summed E-state index contributed by atoms with van der Waals surface area (Å²) in [6.07, 6.45) is -4.58. The Hall–Kier alpha value is -2.85. The van der Waals surface area contributed by atoms with Gasteiger partial charge in [0.05, 0.1) is 15.5 Å². The lowest BCUT2D eigenvalue weighted by molar-refractivity contribution is -0.385. The van der Waals surface area contributed by atoms with E-state index < -0.39 is 40.7 Å². The van der Waals surface area contributed by atoms with E-state index in [1.807, 2.05) is 0 Å². The van der Waals surface area contributed by atoms with Crippen LogP contribution in [0, 0.1) is 10.1 Å². The highest BCUT2D eigenvalue weighted by molar-refractivity contribution is 6.32. The molecule has 0 saturated heterocycles. The standard InChI is InChI=1S/C17H13ClF3NO6/c1-2-26-9-27-16(23)12-8-11(4-5-14(12)22(24)25)28-15-6-3-10(7-13(15)18)17(19,20)21/h3-8H,2,9H2,1H3. The van der Waals surface area contributed by atoms with Crippen LogP contribution in [0.3, 0.4) is 0 Å². The quantitative estimate of drug-likeness (QED) is 0.201. The minimum atomic E-state index is -4.58. The molecule has 0 amide bonds. The number of nitro benzene ring substituents is 1. The van der Waals surface area contributed by atoms with Gasteiger partial charge in [0.2, 0.25) is 0 Å². The molecular formula is C17H13ClF3NO6. The van der Waals surface area contributed by atoms with Crippen LogP contribution in [0.1, 0.15) is 22.8 Å². The van der Waals surface area contributed by atoms with E-state index in [0.717, 1.165) is 24.3 Å². The molecule has 0 fully saturated rings. The lowest BCUT2D eigenvalue weighted by Crippen LogP contribution is -2.11. The highest BCUT2D eigenvalue weighted by Gasteiger charge is 2.31. The van der Waals surface area contributed by atoms with Crippen molar-refractivity contribution in [1.82, 2.24) is 0 Å². The number of hydrogen-bond donors (Lipinski definition) is 0. The first-order valence-electron chi connectivity index (χ1n) is 7.71. The second-order valence-electron chi connectivity index (χ2n) is 5.22. The summed E-state index contributed by atoms with van der Waals surface area (Å²) < 4.78 is 53.1. The lowest BCUT2D eigenvalue weighted by Gasteiger charge is -2.12. The molecule has 0 atom stereocenters. The zero-order valence-electron chi connectivity index (χ0n) is 14.3. The summed E-state index contributed by atoms with van der Waals surface area (Å²) in [5, 5.41) is 10.8. The van der Waals surface area contributed by atoms with E-state index in [-0.39, 0.29) is 23.1 Å². The second kappa shape index (κ2) is 8.89. The Labute approximate surface area is 161 Å². The zero-order valence-corrected chi connectivity index (χ0v) is 15.0. The van der Waals surface area contributed by atoms with Crippen molar-refractivity contribution in [3.8, 4) is 11.5 Å². The zero-order chi connectivity index (χ0) is 20.9. The van der Waals surface area contributed by atoms with Crippen LogP contribution < -0.4 is 4.74 Å². The number of esters is 1. The molecule has 0 unspecified atom stereocenters. The number of halogens is 4. The summed E-state index contributed by atoms with van der Waals surface area (Å²) >= 11 is 5.81.